The van der Waals surface area contributed by atoms with Gasteiger partial charge in [0.1, 0.15) is 0 Å². The first kappa shape index (κ1) is 21.0. The van der Waals surface area contributed by atoms with Crippen molar-refractivity contribution in [3.63, 3.8) is 0 Å². The van der Waals surface area contributed by atoms with Gasteiger partial charge in [-0.25, -0.2) is 0 Å². The monoisotopic (exact) mass is 416 g/mol. The molecule has 1 N–H and O–H groups in total. The van der Waals surface area contributed by atoms with Crippen molar-refractivity contribution in [2.45, 2.75) is 19.8 Å². The van der Waals surface area contributed by atoms with Gasteiger partial charge in [-0.05, 0) is 55.7 Å². The van der Waals surface area contributed by atoms with Crippen molar-refractivity contribution < 1.29 is 19.1 Å². The Balaban J connectivity index is 1.60. The number of carbonyl (C=O) groups excluding carboxylic acids is 2. The van der Waals surface area contributed by atoms with Gasteiger partial charge in [0.15, 0.2) is 11.5 Å². The lowest BCUT2D eigenvalue weighted by atomic mass is 9.95. The van der Waals surface area contributed by atoms with E-state index in [2.05, 4.69) is 5.32 Å². The highest BCUT2D eigenvalue weighted by Gasteiger charge is 2.28. The molecule has 0 spiro atoms. The second-order valence-electron chi connectivity index (χ2n) is 7.08. The van der Waals surface area contributed by atoms with Crippen LogP contribution in [0, 0.1) is 12.8 Å². The van der Waals surface area contributed by atoms with Crippen LogP contribution in [0.15, 0.2) is 36.4 Å². The summed E-state index contributed by atoms with van der Waals surface area (Å²) in [6.45, 7) is 3.00. The van der Waals surface area contributed by atoms with Gasteiger partial charge >= 0.3 is 0 Å². The van der Waals surface area contributed by atoms with Gasteiger partial charge in [-0.3, -0.25) is 9.59 Å². The van der Waals surface area contributed by atoms with Gasteiger partial charge in [-0.1, -0.05) is 11.6 Å². The molecule has 0 bridgehead atoms. The Morgan fingerprint density at radius 2 is 1.62 bits per heavy atom. The molecule has 0 saturated carbocycles. The molecule has 6 nitrogen and oxygen atoms in total. The highest BCUT2D eigenvalue weighted by atomic mass is 35.5. The van der Waals surface area contributed by atoms with Crippen LogP contribution < -0.4 is 14.8 Å². The summed E-state index contributed by atoms with van der Waals surface area (Å²) in [5.41, 5.74) is 2.21. The molecule has 1 saturated heterocycles. The predicted octanol–water partition coefficient (Wildman–Crippen LogP) is 4.16. The van der Waals surface area contributed by atoms with Gasteiger partial charge in [0, 0.05) is 41.3 Å². The average molecular weight is 417 g/mol. The molecule has 2 aromatic rings. The summed E-state index contributed by atoms with van der Waals surface area (Å²) in [4.78, 5) is 27.2. The van der Waals surface area contributed by atoms with Crippen LogP contribution in [0.3, 0.4) is 0 Å². The van der Waals surface area contributed by atoms with Crippen LogP contribution in [0.5, 0.6) is 11.5 Å². The number of nitrogens with one attached hydrogen (secondary N) is 1. The number of anilines is 1. The fourth-order valence-corrected chi connectivity index (χ4v) is 3.60. The fourth-order valence-electron chi connectivity index (χ4n) is 3.47. The maximum Gasteiger partial charge on any atom is 0.253 e. The minimum absolute atomic E-state index is 0.0312. The van der Waals surface area contributed by atoms with Crippen LogP contribution in [0.1, 0.15) is 28.8 Å². The van der Waals surface area contributed by atoms with Crippen molar-refractivity contribution in [2.24, 2.45) is 5.92 Å². The molecule has 1 aliphatic heterocycles. The van der Waals surface area contributed by atoms with Crippen LogP contribution in [-0.2, 0) is 4.79 Å². The number of hydrogen-bond acceptors (Lipinski definition) is 4. The normalized spacial score (nSPS) is 14.4. The molecule has 1 aliphatic rings. The standard InChI is InChI=1S/C22H25ClN2O4/c1-14-12-19(28-2)20(29-3)13-18(14)24-21(26)15-8-10-25(11-9-15)22(27)16-4-6-17(23)7-5-16/h4-7,12-13,15H,8-11H2,1-3H3,(H,24,26). The molecule has 0 atom stereocenters. The van der Waals surface area contributed by atoms with Gasteiger partial charge in [-0.2, -0.15) is 0 Å². The average Bonchev–Trinajstić information content (AvgIpc) is 2.75. The predicted molar refractivity (Wildman–Crippen MR) is 113 cm³/mol. The summed E-state index contributed by atoms with van der Waals surface area (Å²) in [5.74, 6) is 0.973. The Hall–Kier alpha value is -2.73. The highest BCUT2D eigenvalue weighted by Crippen LogP contribution is 2.33. The quantitative estimate of drug-likeness (QED) is 0.794. The zero-order valence-corrected chi connectivity index (χ0v) is 17.6. The lowest BCUT2D eigenvalue weighted by molar-refractivity contribution is -0.121. The molecule has 0 unspecified atom stereocenters. The molecule has 0 radical (unpaired) electrons. The molecule has 0 aliphatic carbocycles. The third-order valence-electron chi connectivity index (χ3n) is 5.23. The van der Waals surface area contributed by atoms with Crippen molar-refractivity contribution in [2.75, 3.05) is 32.6 Å². The topological polar surface area (TPSA) is 67.9 Å². The minimum atomic E-state index is -0.142. The molecular formula is C22H25ClN2O4. The Morgan fingerprint density at radius 3 is 2.21 bits per heavy atom. The number of halogens is 1. The summed E-state index contributed by atoms with van der Waals surface area (Å²) in [5, 5.41) is 3.59. The van der Waals surface area contributed by atoms with E-state index >= 15 is 0 Å². The summed E-state index contributed by atoms with van der Waals surface area (Å²) in [6.07, 6.45) is 1.25. The largest absolute Gasteiger partial charge is 0.493 e. The number of nitrogens with zero attached hydrogens (tertiary/aromatic N) is 1. The number of amides is 2. The molecule has 1 fully saturated rings. The molecule has 2 aromatic carbocycles. The van der Waals surface area contributed by atoms with Crippen LogP contribution >= 0.6 is 11.6 Å². The van der Waals surface area contributed by atoms with Gasteiger partial charge < -0.3 is 19.7 Å². The molecule has 3 rings (SSSR count). The lowest BCUT2D eigenvalue weighted by Crippen LogP contribution is -2.41. The Morgan fingerprint density at radius 1 is 1.03 bits per heavy atom. The summed E-state index contributed by atoms with van der Waals surface area (Å²) < 4.78 is 10.6. The van der Waals surface area contributed by atoms with Gasteiger partial charge in [-0.15, -0.1) is 0 Å². The first-order valence-electron chi connectivity index (χ1n) is 9.51. The third-order valence-corrected chi connectivity index (χ3v) is 5.48. The summed E-state index contributed by atoms with van der Waals surface area (Å²) in [6, 6.07) is 10.5. The fraction of sp³-hybridized carbons (Fsp3) is 0.364. The van der Waals surface area contributed by atoms with E-state index in [0.29, 0.717) is 53.7 Å². The molecule has 29 heavy (non-hydrogen) atoms. The Kier molecular flexibility index (Phi) is 6.64. The number of benzene rings is 2. The molecule has 154 valence electrons. The maximum absolute atomic E-state index is 12.8. The van der Waals surface area contributed by atoms with Gasteiger partial charge in [0.05, 0.1) is 14.2 Å². The number of ether oxygens (including phenoxy) is 2. The van der Waals surface area contributed by atoms with Crippen LogP contribution in [0.25, 0.3) is 0 Å². The molecular weight excluding hydrogens is 392 g/mol. The first-order chi connectivity index (χ1) is 13.9. The van der Waals surface area contributed by atoms with Gasteiger partial charge in [0.2, 0.25) is 5.91 Å². The van der Waals surface area contributed by atoms with E-state index in [4.69, 9.17) is 21.1 Å². The second kappa shape index (κ2) is 9.18. The van der Waals surface area contributed by atoms with Crippen LogP contribution in [0.2, 0.25) is 5.02 Å². The number of carbonyl (C=O) groups is 2. The maximum atomic E-state index is 12.8. The van der Waals surface area contributed by atoms with E-state index in [1.807, 2.05) is 13.0 Å². The van der Waals surface area contributed by atoms with Crippen LogP contribution in [-0.4, -0.2) is 44.0 Å². The van der Waals surface area contributed by atoms with Crippen molar-refractivity contribution in [3.05, 3.63) is 52.5 Å². The van der Waals surface area contributed by atoms with E-state index in [9.17, 15) is 9.59 Å². The van der Waals surface area contributed by atoms with E-state index in [1.54, 1.807) is 49.5 Å². The zero-order valence-electron chi connectivity index (χ0n) is 16.8. The number of hydrogen-bond donors (Lipinski definition) is 1. The summed E-state index contributed by atoms with van der Waals surface area (Å²) in [7, 11) is 3.14. The number of aryl methyl sites for hydroxylation is 1. The Bertz CT molecular complexity index is 890. The van der Waals surface area contributed by atoms with Crippen molar-refractivity contribution in [1.82, 2.24) is 4.90 Å². The van der Waals surface area contributed by atoms with Crippen LogP contribution in [0.4, 0.5) is 5.69 Å². The number of likely N-dealkylation sites (tertiary alicyclic amines) is 1. The second-order valence-corrected chi connectivity index (χ2v) is 7.52. The molecule has 1 heterocycles. The van der Waals surface area contributed by atoms with E-state index in [1.165, 1.54) is 0 Å². The van der Waals surface area contributed by atoms with E-state index < -0.39 is 0 Å². The molecule has 0 aromatic heterocycles. The molecule has 7 heteroatoms. The van der Waals surface area contributed by atoms with Crippen molar-refractivity contribution in [1.29, 1.82) is 0 Å². The van der Waals surface area contributed by atoms with E-state index in [-0.39, 0.29) is 17.7 Å². The first-order valence-corrected chi connectivity index (χ1v) is 9.89. The van der Waals surface area contributed by atoms with Crippen molar-refractivity contribution in [3.8, 4) is 11.5 Å². The zero-order chi connectivity index (χ0) is 21.0. The summed E-state index contributed by atoms with van der Waals surface area (Å²) >= 11 is 5.89. The van der Waals surface area contributed by atoms with Crippen molar-refractivity contribution >= 4 is 29.1 Å². The highest BCUT2D eigenvalue weighted by molar-refractivity contribution is 6.30. The number of methoxy groups -OCH3 is 2. The molecule has 2 amide bonds. The Labute approximate surface area is 175 Å². The SMILES string of the molecule is COc1cc(C)c(NC(=O)C2CCN(C(=O)c3ccc(Cl)cc3)CC2)cc1OC. The minimum Gasteiger partial charge on any atom is -0.493 e. The number of rotatable bonds is 5. The lowest BCUT2D eigenvalue weighted by Gasteiger charge is -2.31. The third kappa shape index (κ3) is 4.82. The van der Waals surface area contributed by atoms with E-state index in [0.717, 1.165) is 5.56 Å². The smallest absolute Gasteiger partial charge is 0.253 e. The van der Waals surface area contributed by atoms with Gasteiger partial charge in [0.25, 0.3) is 5.91 Å². The number of piperidine rings is 1.